The maximum absolute atomic E-state index is 4.74. The van der Waals surface area contributed by atoms with Crippen LogP contribution in [-0.4, -0.2) is 32.0 Å². The van der Waals surface area contributed by atoms with Crippen molar-refractivity contribution in [2.24, 2.45) is 0 Å². The van der Waals surface area contributed by atoms with Gasteiger partial charge in [-0.15, -0.1) is 0 Å². The first-order valence-corrected chi connectivity index (χ1v) is 11.0. The molecule has 1 aliphatic rings. The van der Waals surface area contributed by atoms with Crippen LogP contribution in [-0.2, 0) is 18.6 Å². The highest BCUT2D eigenvalue weighted by Gasteiger charge is 2.18. The zero-order valence-corrected chi connectivity index (χ0v) is 16.0. The van der Waals surface area contributed by atoms with Crippen LogP contribution in [0.3, 0.4) is 0 Å². The average molecular weight is 369 g/mol. The predicted molar refractivity (Wildman–Crippen MR) is 106 cm³/mol. The van der Waals surface area contributed by atoms with Crippen molar-refractivity contribution in [1.29, 1.82) is 0 Å². The van der Waals surface area contributed by atoms with Crippen LogP contribution < -0.4 is 0 Å². The van der Waals surface area contributed by atoms with Gasteiger partial charge in [-0.1, -0.05) is 23.9 Å². The summed E-state index contributed by atoms with van der Waals surface area (Å²) in [7, 11) is 0. The lowest BCUT2D eigenvalue weighted by molar-refractivity contribution is 0.874. The molecule has 1 aliphatic carbocycles. The summed E-state index contributed by atoms with van der Waals surface area (Å²) in [5.74, 6) is 2.75. The minimum absolute atomic E-state index is 0.779. The standard InChI is InChI=1S/C19H20N4S2/c1-24-12-16-11-21-18(15-7-6-13-4-3-5-14(13)10-15)23(16)17-8-9-20-19(22-17)25-2/h6-11H,3-5,12H2,1-2H3. The Morgan fingerprint density at radius 3 is 2.80 bits per heavy atom. The Morgan fingerprint density at radius 2 is 1.96 bits per heavy atom. The first kappa shape index (κ1) is 16.7. The summed E-state index contributed by atoms with van der Waals surface area (Å²) in [4.78, 5) is 13.8. The monoisotopic (exact) mass is 368 g/mol. The van der Waals surface area contributed by atoms with Gasteiger partial charge in [0.15, 0.2) is 5.16 Å². The molecule has 0 bridgehead atoms. The molecule has 0 saturated carbocycles. The van der Waals surface area contributed by atoms with Gasteiger partial charge in [0.05, 0.1) is 11.9 Å². The van der Waals surface area contributed by atoms with Gasteiger partial charge in [0, 0.05) is 17.5 Å². The van der Waals surface area contributed by atoms with Crippen molar-refractivity contribution in [3.05, 3.63) is 53.5 Å². The van der Waals surface area contributed by atoms with Crippen LogP contribution in [0.4, 0.5) is 0 Å². The van der Waals surface area contributed by atoms with Crippen molar-refractivity contribution >= 4 is 23.5 Å². The van der Waals surface area contributed by atoms with Crippen molar-refractivity contribution < 1.29 is 0 Å². The lowest BCUT2D eigenvalue weighted by Gasteiger charge is -2.12. The van der Waals surface area contributed by atoms with E-state index >= 15 is 0 Å². The highest BCUT2D eigenvalue weighted by atomic mass is 32.2. The van der Waals surface area contributed by atoms with Gasteiger partial charge in [-0.3, -0.25) is 4.57 Å². The van der Waals surface area contributed by atoms with Gasteiger partial charge in [0.25, 0.3) is 0 Å². The number of hydrogen-bond acceptors (Lipinski definition) is 5. The number of fused-ring (bicyclic) bond motifs is 1. The number of rotatable bonds is 5. The molecule has 25 heavy (non-hydrogen) atoms. The summed E-state index contributed by atoms with van der Waals surface area (Å²) < 4.78 is 2.18. The molecule has 4 rings (SSSR count). The van der Waals surface area contributed by atoms with Gasteiger partial charge in [0.1, 0.15) is 11.6 Å². The number of aryl methyl sites for hydroxylation is 2. The maximum Gasteiger partial charge on any atom is 0.189 e. The first-order chi connectivity index (χ1) is 12.3. The van der Waals surface area contributed by atoms with Crippen molar-refractivity contribution in [3.8, 4) is 17.2 Å². The number of aromatic nitrogens is 4. The molecule has 2 aromatic heterocycles. The van der Waals surface area contributed by atoms with E-state index in [-0.39, 0.29) is 0 Å². The summed E-state index contributed by atoms with van der Waals surface area (Å²) in [5.41, 5.74) is 5.27. The van der Waals surface area contributed by atoms with E-state index in [4.69, 9.17) is 9.97 Å². The summed E-state index contributed by atoms with van der Waals surface area (Å²) >= 11 is 3.35. The Kier molecular flexibility index (Phi) is 4.81. The Hall–Kier alpha value is -1.79. The summed E-state index contributed by atoms with van der Waals surface area (Å²) in [6.45, 7) is 0. The molecule has 0 radical (unpaired) electrons. The molecule has 0 unspecified atom stereocenters. The van der Waals surface area contributed by atoms with E-state index in [2.05, 4.69) is 34.0 Å². The summed E-state index contributed by atoms with van der Waals surface area (Å²) in [6.07, 6.45) is 11.5. The number of benzene rings is 1. The second-order valence-corrected chi connectivity index (χ2v) is 7.72. The zero-order valence-electron chi connectivity index (χ0n) is 14.4. The number of imidazole rings is 1. The fourth-order valence-corrected chi connectivity index (χ4v) is 4.21. The number of nitrogens with zero attached hydrogens (tertiary/aromatic N) is 4. The van der Waals surface area contributed by atoms with Crippen LogP contribution in [0.2, 0.25) is 0 Å². The third-order valence-corrected chi connectivity index (χ3v) is 5.66. The Morgan fingerprint density at radius 1 is 1.08 bits per heavy atom. The van der Waals surface area contributed by atoms with Gasteiger partial charge in [-0.2, -0.15) is 11.8 Å². The van der Waals surface area contributed by atoms with Crippen molar-refractivity contribution in [2.75, 3.05) is 12.5 Å². The van der Waals surface area contributed by atoms with Crippen LogP contribution in [0.1, 0.15) is 23.2 Å². The number of hydrogen-bond donors (Lipinski definition) is 0. The maximum atomic E-state index is 4.74. The summed E-state index contributed by atoms with van der Waals surface area (Å²) in [6, 6.07) is 8.73. The molecule has 0 amide bonds. The lowest BCUT2D eigenvalue weighted by Crippen LogP contribution is -2.05. The largest absolute Gasteiger partial charge is 0.280 e. The van der Waals surface area contributed by atoms with E-state index in [1.165, 1.54) is 30.4 Å². The van der Waals surface area contributed by atoms with Gasteiger partial charge < -0.3 is 0 Å². The van der Waals surface area contributed by atoms with E-state index in [0.29, 0.717) is 0 Å². The molecule has 3 aromatic rings. The van der Waals surface area contributed by atoms with E-state index < -0.39 is 0 Å². The van der Waals surface area contributed by atoms with Crippen LogP contribution >= 0.6 is 23.5 Å². The third kappa shape index (κ3) is 3.20. The first-order valence-electron chi connectivity index (χ1n) is 8.35. The van der Waals surface area contributed by atoms with Gasteiger partial charge >= 0.3 is 0 Å². The molecule has 0 aliphatic heterocycles. The predicted octanol–water partition coefficient (Wildman–Crippen LogP) is 4.40. The van der Waals surface area contributed by atoms with Crippen LogP contribution in [0.5, 0.6) is 0 Å². The number of thioether (sulfide) groups is 2. The zero-order chi connectivity index (χ0) is 17.2. The van der Waals surface area contributed by atoms with Crippen LogP contribution in [0, 0.1) is 0 Å². The van der Waals surface area contributed by atoms with Crippen molar-refractivity contribution in [2.45, 2.75) is 30.2 Å². The molecule has 128 valence electrons. The van der Waals surface area contributed by atoms with E-state index in [9.17, 15) is 0 Å². The fourth-order valence-electron chi connectivity index (χ4n) is 3.36. The Bertz CT molecular complexity index is 904. The topological polar surface area (TPSA) is 43.6 Å². The lowest BCUT2D eigenvalue weighted by atomic mass is 10.1. The molecule has 0 spiro atoms. The molecule has 2 heterocycles. The highest BCUT2D eigenvalue weighted by molar-refractivity contribution is 7.98. The van der Waals surface area contributed by atoms with Gasteiger partial charge in [-0.25, -0.2) is 15.0 Å². The molecule has 0 fully saturated rings. The second-order valence-electron chi connectivity index (χ2n) is 6.08. The van der Waals surface area contributed by atoms with Gasteiger partial charge in [-0.05, 0) is 55.0 Å². The van der Waals surface area contributed by atoms with Gasteiger partial charge in [0.2, 0.25) is 0 Å². The molecule has 1 aromatic carbocycles. The van der Waals surface area contributed by atoms with E-state index in [1.54, 1.807) is 23.5 Å². The van der Waals surface area contributed by atoms with E-state index in [1.807, 2.05) is 24.7 Å². The second kappa shape index (κ2) is 7.22. The molecular weight excluding hydrogens is 348 g/mol. The molecule has 4 nitrogen and oxygen atoms in total. The molecule has 0 saturated heterocycles. The normalized spacial score (nSPS) is 13.2. The molecule has 6 heteroatoms. The SMILES string of the molecule is CSCc1cnc(-c2ccc3c(c2)CCC3)n1-c1ccnc(SC)n1. The average Bonchev–Trinajstić information content (AvgIpc) is 3.28. The minimum atomic E-state index is 0.779. The molecule has 0 N–H and O–H groups in total. The smallest absolute Gasteiger partial charge is 0.189 e. The fraction of sp³-hybridized carbons (Fsp3) is 0.316. The minimum Gasteiger partial charge on any atom is -0.280 e. The van der Waals surface area contributed by atoms with Crippen LogP contribution in [0.25, 0.3) is 17.2 Å². The van der Waals surface area contributed by atoms with E-state index in [0.717, 1.165) is 33.8 Å². The Labute approximate surface area is 156 Å². The Balaban J connectivity index is 1.85. The summed E-state index contributed by atoms with van der Waals surface area (Å²) in [5, 5.41) is 0.779. The quantitative estimate of drug-likeness (QED) is 0.493. The van der Waals surface area contributed by atoms with Crippen molar-refractivity contribution in [1.82, 2.24) is 19.5 Å². The molecule has 0 atom stereocenters. The van der Waals surface area contributed by atoms with Crippen molar-refractivity contribution in [3.63, 3.8) is 0 Å². The molecular formula is C19H20N4S2. The van der Waals surface area contributed by atoms with Crippen LogP contribution in [0.15, 0.2) is 41.8 Å². The highest BCUT2D eigenvalue weighted by Crippen LogP contribution is 2.30. The third-order valence-electron chi connectivity index (χ3n) is 4.51.